The largest absolute Gasteiger partial charge is 0.379 e. The van der Waals surface area contributed by atoms with Gasteiger partial charge in [0.2, 0.25) is 5.91 Å². The van der Waals surface area contributed by atoms with Crippen LogP contribution < -0.4 is 10.6 Å². The topological polar surface area (TPSA) is 70.7 Å². The van der Waals surface area contributed by atoms with Crippen LogP contribution in [0.25, 0.3) is 0 Å². The molecule has 0 saturated carbocycles. The molecule has 1 aromatic rings. The van der Waals surface area contributed by atoms with Crippen molar-refractivity contribution in [1.82, 2.24) is 15.5 Å². The van der Waals surface area contributed by atoms with Crippen LogP contribution in [-0.2, 0) is 9.53 Å². The average Bonchev–Trinajstić information content (AvgIpc) is 2.63. The molecule has 1 heterocycles. The maximum absolute atomic E-state index is 12.1. The zero-order valence-corrected chi connectivity index (χ0v) is 17.0. The van der Waals surface area contributed by atoms with Crippen molar-refractivity contribution in [2.75, 3.05) is 39.4 Å². The monoisotopic (exact) mass is 425 g/mol. The maximum Gasteiger partial charge on any atom is 0.251 e. The first-order valence-corrected chi connectivity index (χ1v) is 9.89. The number of ether oxygens (including phenoxy) is 1. The molecule has 0 bridgehead atoms. The second kappa shape index (κ2) is 10.6. The van der Waals surface area contributed by atoms with Gasteiger partial charge >= 0.3 is 0 Å². The van der Waals surface area contributed by atoms with E-state index in [0.29, 0.717) is 30.6 Å². The predicted molar refractivity (Wildman–Crippen MR) is 105 cm³/mol. The van der Waals surface area contributed by atoms with E-state index in [1.807, 2.05) is 12.1 Å². The molecule has 7 heteroatoms. The number of halogens is 1. The van der Waals surface area contributed by atoms with E-state index in [2.05, 4.69) is 45.3 Å². The Labute approximate surface area is 163 Å². The number of carbonyl (C=O) groups excluding carboxylic acids is 2. The quantitative estimate of drug-likeness (QED) is 0.668. The van der Waals surface area contributed by atoms with Crippen molar-refractivity contribution < 1.29 is 14.3 Å². The van der Waals surface area contributed by atoms with E-state index in [1.165, 1.54) is 0 Å². The van der Waals surface area contributed by atoms with E-state index < -0.39 is 0 Å². The highest BCUT2D eigenvalue weighted by Gasteiger charge is 2.24. The number of amides is 2. The van der Waals surface area contributed by atoms with Crippen LogP contribution in [0.2, 0.25) is 0 Å². The summed E-state index contributed by atoms with van der Waals surface area (Å²) in [5, 5.41) is 5.78. The number of nitrogens with one attached hydrogen (secondary N) is 2. The van der Waals surface area contributed by atoms with E-state index in [1.54, 1.807) is 12.1 Å². The first-order valence-electron chi connectivity index (χ1n) is 9.09. The number of hydrogen-bond donors (Lipinski definition) is 2. The van der Waals surface area contributed by atoms with Crippen LogP contribution in [0.1, 0.15) is 30.6 Å². The SMILES string of the molecule is CC(C)[C@@H](CNC(=O)CCNC(=O)c1ccc(Br)cc1)N1CCOCC1. The zero-order chi connectivity index (χ0) is 18.9. The smallest absolute Gasteiger partial charge is 0.251 e. The van der Waals surface area contributed by atoms with Crippen LogP contribution in [0.4, 0.5) is 0 Å². The number of nitrogens with zero attached hydrogens (tertiary/aromatic N) is 1. The second-order valence-corrected chi connectivity index (χ2v) is 7.69. The first-order chi connectivity index (χ1) is 12.5. The third-order valence-corrected chi connectivity index (χ3v) is 5.07. The second-order valence-electron chi connectivity index (χ2n) is 6.78. The Kier molecular flexibility index (Phi) is 8.54. The van der Waals surface area contributed by atoms with Crippen molar-refractivity contribution in [2.45, 2.75) is 26.3 Å². The van der Waals surface area contributed by atoms with Gasteiger partial charge < -0.3 is 15.4 Å². The summed E-state index contributed by atoms with van der Waals surface area (Å²) >= 11 is 3.34. The lowest BCUT2D eigenvalue weighted by Crippen LogP contribution is -2.51. The van der Waals surface area contributed by atoms with Gasteiger partial charge in [0.15, 0.2) is 0 Å². The molecule has 1 saturated heterocycles. The Morgan fingerprint density at radius 3 is 2.42 bits per heavy atom. The molecule has 0 unspecified atom stereocenters. The molecular weight excluding hydrogens is 398 g/mol. The summed E-state index contributed by atoms with van der Waals surface area (Å²) in [4.78, 5) is 26.5. The molecule has 1 aliphatic rings. The van der Waals surface area contributed by atoms with Crippen molar-refractivity contribution >= 4 is 27.7 Å². The molecule has 26 heavy (non-hydrogen) atoms. The lowest BCUT2D eigenvalue weighted by Gasteiger charge is -2.36. The van der Waals surface area contributed by atoms with Crippen molar-refractivity contribution in [2.24, 2.45) is 5.92 Å². The lowest BCUT2D eigenvalue weighted by molar-refractivity contribution is -0.121. The molecule has 2 N–H and O–H groups in total. The van der Waals surface area contributed by atoms with Gasteiger partial charge in [0.05, 0.1) is 13.2 Å². The third kappa shape index (κ3) is 6.70. The Bertz CT molecular complexity index is 586. The van der Waals surface area contributed by atoms with Gasteiger partial charge in [0.1, 0.15) is 0 Å². The minimum Gasteiger partial charge on any atom is -0.379 e. The molecule has 1 aliphatic heterocycles. The summed E-state index contributed by atoms with van der Waals surface area (Å²) in [6.07, 6.45) is 0.274. The molecule has 1 fully saturated rings. The minimum absolute atomic E-state index is 0.0417. The number of morpholine rings is 1. The fraction of sp³-hybridized carbons (Fsp3) is 0.579. The molecule has 2 amide bonds. The van der Waals surface area contributed by atoms with Crippen molar-refractivity contribution in [1.29, 1.82) is 0 Å². The summed E-state index contributed by atoms with van der Waals surface area (Å²) in [6, 6.07) is 7.43. The Balaban J connectivity index is 1.70. The molecular formula is C19H28BrN3O3. The predicted octanol–water partition coefficient (Wildman–Crippen LogP) is 2.04. The van der Waals surface area contributed by atoms with Crippen molar-refractivity contribution in [3.05, 3.63) is 34.3 Å². The van der Waals surface area contributed by atoms with Gasteiger partial charge in [-0.3, -0.25) is 14.5 Å². The zero-order valence-electron chi connectivity index (χ0n) is 15.5. The number of carbonyl (C=O) groups is 2. The highest BCUT2D eigenvalue weighted by molar-refractivity contribution is 9.10. The Hall–Kier alpha value is -1.44. The number of hydrogen-bond acceptors (Lipinski definition) is 4. The van der Waals surface area contributed by atoms with Gasteiger partial charge in [-0.15, -0.1) is 0 Å². The normalized spacial score (nSPS) is 16.3. The van der Waals surface area contributed by atoms with Crippen LogP contribution in [0, 0.1) is 5.92 Å². The van der Waals surface area contributed by atoms with Crippen molar-refractivity contribution in [3.63, 3.8) is 0 Å². The van der Waals surface area contributed by atoms with Gasteiger partial charge in [0.25, 0.3) is 5.91 Å². The van der Waals surface area contributed by atoms with E-state index in [0.717, 1.165) is 30.8 Å². The Morgan fingerprint density at radius 1 is 1.15 bits per heavy atom. The van der Waals surface area contributed by atoms with E-state index in [4.69, 9.17) is 4.74 Å². The summed E-state index contributed by atoms with van der Waals surface area (Å²) in [7, 11) is 0. The molecule has 1 aromatic carbocycles. The van der Waals surface area contributed by atoms with Crippen molar-refractivity contribution in [3.8, 4) is 0 Å². The van der Waals surface area contributed by atoms with Crippen LogP contribution in [0.3, 0.4) is 0 Å². The fourth-order valence-corrected chi connectivity index (χ4v) is 3.26. The van der Waals surface area contributed by atoms with E-state index in [-0.39, 0.29) is 18.2 Å². The first kappa shape index (κ1) is 20.9. The highest BCUT2D eigenvalue weighted by Crippen LogP contribution is 2.12. The van der Waals surface area contributed by atoms with Crippen LogP contribution in [0.15, 0.2) is 28.7 Å². The van der Waals surface area contributed by atoms with E-state index >= 15 is 0 Å². The molecule has 2 rings (SSSR count). The van der Waals surface area contributed by atoms with Gasteiger partial charge in [-0.2, -0.15) is 0 Å². The van der Waals surface area contributed by atoms with Gasteiger partial charge in [-0.05, 0) is 30.2 Å². The summed E-state index contributed by atoms with van der Waals surface area (Å²) < 4.78 is 6.33. The van der Waals surface area contributed by atoms with Crippen LogP contribution in [-0.4, -0.2) is 62.1 Å². The molecule has 0 spiro atoms. The minimum atomic E-state index is -0.168. The lowest BCUT2D eigenvalue weighted by atomic mass is 10.0. The maximum atomic E-state index is 12.1. The van der Waals surface area contributed by atoms with Crippen LogP contribution >= 0.6 is 15.9 Å². The van der Waals surface area contributed by atoms with Gasteiger partial charge in [-0.1, -0.05) is 29.8 Å². The van der Waals surface area contributed by atoms with Gasteiger partial charge in [0, 0.05) is 48.7 Å². The van der Waals surface area contributed by atoms with E-state index in [9.17, 15) is 9.59 Å². The molecule has 0 radical (unpaired) electrons. The third-order valence-electron chi connectivity index (χ3n) is 4.54. The average molecular weight is 426 g/mol. The molecule has 144 valence electrons. The standard InChI is InChI=1S/C19H28BrN3O3/c1-14(2)17(23-9-11-26-12-10-23)13-22-18(24)7-8-21-19(25)15-3-5-16(20)6-4-15/h3-6,14,17H,7-13H2,1-2H3,(H,21,25)(H,22,24)/t17-/m1/s1. The fourth-order valence-electron chi connectivity index (χ4n) is 3.00. The molecule has 6 nitrogen and oxygen atoms in total. The summed E-state index contributed by atoms with van der Waals surface area (Å²) in [5.41, 5.74) is 0.584. The highest BCUT2D eigenvalue weighted by atomic mass is 79.9. The Morgan fingerprint density at radius 2 is 1.81 bits per heavy atom. The number of rotatable bonds is 8. The molecule has 0 aliphatic carbocycles. The van der Waals surface area contributed by atoms with Gasteiger partial charge in [-0.25, -0.2) is 0 Å². The molecule has 0 aromatic heterocycles. The molecule has 1 atom stereocenters. The summed E-state index contributed by atoms with van der Waals surface area (Å²) in [5.74, 6) is 0.240. The van der Waals surface area contributed by atoms with Crippen LogP contribution in [0.5, 0.6) is 0 Å². The summed E-state index contributed by atoms with van der Waals surface area (Å²) in [6.45, 7) is 8.60. The number of benzene rings is 1.